The average molecular weight is 318 g/mol. The molecular weight excluding hydrogens is 298 g/mol. The smallest absolute Gasteiger partial charge is 0.227 e. The molecule has 0 aliphatic heterocycles. The van der Waals surface area contributed by atoms with E-state index in [4.69, 9.17) is 11.6 Å². The quantitative estimate of drug-likeness (QED) is 0.885. The van der Waals surface area contributed by atoms with Crippen LogP contribution in [0.15, 0.2) is 48.5 Å². The van der Waals surface area contributed by atoms with Crippen LogP contribution >= 0.6 is 11.6 Å². The highest BCUT2D eigenvalue weighted by atomic mass is 35.5. The monoisotopic (exact) mass is 317 g/mol. The Labute approximate surface area is 135 Å². The summed E-state index contributed by atoms with van der Waals surface area (Å²) in [5.74, 6) is -0.351. The lowest BCUT2D eigenvalue weighted by atomic mass is 9.98. The molecule has 3 nitrogen and oxygen atoms in total. The van der Waals surface area contributed by atoms with Gasteiger partial charge in [-0.2, -0.15) is 0 Å². The van der Waals surface area contributed by atoms with Crippen LogP contribution in [0.25, 0.3) is 0 Å². The number of rotatable bonds is 5. The highest BCUT2D eigenvalue weighted by Gasteiger charge is 2.16. The number of benzene rings is 2. The van der Waals surface area contributed by atoms with Crippen LogP contribution in [0.3, 0.4) is 0 Å². The van der Waals surface area contributed by atoms with Crippen molar-refractivity contribution in [3.63, 3.8) is 0 Å². The Morgan fingerprint density at radius 3 is 2.50 bits per heavy atom. The SMILES string of the molecule is Cc1cccc(C(C)C(=O)NCC(O)c2ccc(Cl)cc2)c1. The summed E-state index contributed by atoms with van der Waals surface area (Å²) < 4.78 is 0. The van der Waals surface area contributed by atoms with Crippen molar-refractivity contribution in [1.29, 1.82) is 0 Å². The third-order valence-corrected chi connectivity index (χ3v) is 3.91. The topological polar surface area (TPSA) is 49.3 Å². The van der Waals surface area contributed by atoms with Crippen molar-refractivity contribution in [1.82, 2.24) is 5.32 Å². The summed E-state index contributed by atoms with van der Waals surface area (Å²) in [7, 11) is 0. The Balaban J connectivity index is 1.93. The molecule has 22 heavy (non-hydrogen) atoms. The first-order valence-corrected chi connectivity index (χ1v) is 7.63. The predicted molar refractivity (Wildman–Crippen MR) is 89.0 cm³/mol. The lowest BCUT2D eigenvalue weighted by Crippen LogP contribution is -2.31. The molecule has 0 fully saturated rings. The van der Waals surface area contributed by atoms with Gasteiger partial charge in [0.25, 0.3) is 0 Å². The standard InChI is InChI=1S/C18H20ClNO2/c1-12-4-3-5-15(10-12)13(2)18(22)20-11-17(21)14-6-8-16(19)9-7-14/h3-10,13,17,21H,11H2,1-2H3,(H,20,22). The van der Waals surface area contributed by atoms with Crippen molar-refractivity contribution in [2.75, 3.05) is 6.54 Å². The number of halogens is 1. The summed E-state index contributed by atoms with van der Waals surface area (Å²) in [4.78, 5) is 12.2. The Bertz CT molecular complexity index is 640. The molecule has 116 valence electrons. The van der Waals surface area contributed by atoms with Crippen LogP contribution in [0.5, 0.6) is 0 Å². The van der Waals surface area contributed by atoms with Crippen molar-refractivity contribution in [3.05, 3.63) is 70.2 Å². The first-order chi connectivity index (χ1) is 10.5. The molecule has 0 aliphatic rings. The van der Waals surface area contributed by atoms with E-state index < -0.39 is 6.10 Å². The largest absolute Gasteiger partial charge is 0.387 e. The van der Waals surface area contributed by atoms with E-state index in [-0.39, 0.29) is 18.4 Å². The molecule has 0 aromatic heterocycles. The number of nitrogens with one attached hydrogen (secondary N) is 1. The number of aliphatic hydroxyl groups is 1. The van der Waals surface area contributed by atoms with E-state index >= 15 is 0 Å². The lowest BCUT2D eigenvalue weighted by Gasteiger charge is -2.16. The van der Waals surface area contributed by atoms with Gasteiger partial charge in [-0.1, -0.05) is 53.6 Å². The third-order valence-electron chi connectivity index (χ3n) is 3.66. The summed E-state index contributed by atoms with van der Waals surface area (Å²) in [6, 6.07) is 14.8. The summed E-state index contributed by atoms with van der Waals surface area (Å²) in [5.41, 5.74) is 2.82. The fourth-order valence-corrected chi connectivity index (χ4v) is 2.37. The molecule has 2 unspecified atom stereocenters. The van der Waals surface area contributed by atoms with Gasteiger partial charge in [-0.05, 0) is 37.1 Å². The van der Waals surface area contributed by atoms with E-state index in [2.05, 4.69) is 5.32 Å². The molecule has 1 amide bonds. The summed E-state index contributed by atoms with van der Waals surface area (Å²) in [6.45, 7) is 4.04. The van der Waals surface area contributed by atoms with Crippen LogP contribution in [0.1, 0.15) is 35.6 Å². The molecular formula is C18H20ClNO2. The van der Waals surface area contributed by atoms with E-state index in [1.54, 1.807) is 24.3 Å². The third kappa shape index (κ3) is 4.33. The van der Waals surface area contributed by atoms with Gasteiger partial charge in [0, 0.05) is 11.6 Å². The molecule has 2 atom stereocenters. The zero-order valence-electron chi connectivity index (χ0n) is 12.7. The van der Waals surface area contributed by atoms with Gasteiger partial charge in [0.15, 0.2) is 0 Å². The summed E-state index contributed by atoms with van der Waals surface area (Å²) >= 11 is 5.81. The van der Waals surface area contributed by atoms with E-state index in [1.807, 2.05) is 38.1 Å². The van der Waals surface area contributed by atoms with Crippen molar-refractivity contribution in [2.24, 2.45) is 0 Å². The van der Waals surface area contributed by atoms with Crippen molar-refractivity contribution in [3.8, 4) is 0 Å². The summed E-state index contributed by atoms with van der Waals surface area (Å²) in [5, 5.41) is 13.5. The normalized spacial score (nSPS) is 13.5. The van der Waals surface area contributed by atoms with Gasteiger partial charge < -0.3 is 10.4 Å². The molecule has 2 rings (SSSR count). The van der Waals surface area contributed by atoms with E-state index in [0.717, 1.165) is 16.7 Å². The second-order valence-electron chi connectivity index (χ2n) is 5.45. The van der Waals surface area contributed by atoms with Crippen molar-refractivity contribution >= 4 is 17.5 Å². The molecule has 2 N–H and O–H groups in total. The van der Waals surface area contributed by atoms with Gasteiger partial charge in [0.1, 0.15) is 0 Å². The summed E-state index contributed by atoms with van der Waals surface area (Å²) in [6.07, 6.45) is -0.745. The minimum atomic E-state index is -0.745. The molecule has 0 saturated carbocycles. The molecule has 4 heteroatoms. The molecule has 0 heterocycles. The molecule has 0 aliphatic carbocycles. The maximum atomic E-state index is 12.2. The predicted octanol–water partition coefficient (Wildman–Crippen LogP) is 3.60. The second-order valence-corrected chi connectivity index (χ2v) is 5.88. The highest BCUT2D eigenvalue weighted by molar-refractivity contribution is 6.30. The van der Waals surface area contributed by atoms with E-state index in [0.29, 0.717) is 5.02 Å². The number of amides is 1. The Morgan fingerprint density at radius 1 is 1.18 bits per heavy atom. The second kappa shape index (κ2) is 7.43. The minimum Gasteiger partial charge on any atom is -0.387 e. The zero-order chi connectivity index (χ0) is 16.1. The van der Waals surface area contributed by atoms with Crippen molar-refractivity contribution in [2.45, 2.75) is 25.9 Å². The first-order valence-electron chi connectivity index (χ1n) is 7.25. The lowest BCUT2D eigenvalue weighted by molar-refractivity contribution is -0.122. The van der Waals surface area contributed by atoms with Crippen LogP contribution in [-0.4, -0.2) is 17.6 Å². The van der Waals surface area contributed by atoms with Crippen LogP contribution in [0, 0.1) is 6.92 Å². The van der Waals surface area contributed by atoms with Gasteiger partial charge in [0.2, 0.25) is 5.91 Å². The van der Waals surface area contributed by atoms with Crippen molar-refractivity contribution < 1.29 is 9.90 Å². The Hall–Kier alpha value is -1.84. The fraction of sp³-hybridized carbons (Fsp3) is 0.278. The zero-order valence-corrected chi connectivity index (χ0v) is 13.5. The molecule has 0 radical (unpaired) electrons. The van der Waals surface area contributed by atoms with Crippen LogP contribution in [0.4, 0.5) is 0 Å². The molecule has 0 bridgehead atoms. The van der Waals surface area contributed by atoms with Crippen LogP contribution < -0.4 is 5.32 Å². The average Bonchev–Trinajstić information content (AvgIpc) is 2.52. The number of carbonyl (C=O) groups excluding carboxylic acids is 1. The van der Waals surface area contributed by atoms with Gasteiger partial charge in [-0.25, -0.2) is 0 Å². The van der Waals surface area contributed by atoms with E-state index in [1.165, 1.54) is 0 Å². The minimum absolute atomic E-state index is 0.0985. The van der Waals surface area contributed by atoms with Gasteiger partial charge in [-0.15, -0.1) is 0 Å². The van der Waals surface area contributed by atoms with Gasteiger partial charge in [0.05, 0.1) is 12.0 Å². The number of aryl methyl sites for hydroxylation is 1. The molecule has 0 spiro atoms. The maximum absolute atomic E-state index is 12.2. The first kappa shape index (κ1) is 16.5. The molecule has 2 aromatic carbocycles. The molecule has 0 saturated heterocycles. The molecule has 2 aromatic rings. The number of aliphatic hydroxyl groups excluding tert-OH is 1. The van der Waals surface area contributed by atoms with Crippen LogP contribution in [-0.2, 0) is 4.79 Å². The Kier molecular flexibility index (Phi) is 5.58. The van der Waals surface area contributed by atoms with Gasteiger partial charge in [-0.3, -0.25) is 4.79 Å². The van der Waals surface area contributed by atoms with Crippen LogP contribution in [0.2, 0.25) is 5.02 Å². The maximum Gasteiger partial charge on any atom is 0.227 e. The number of hydrogen-bond donors (Lipinski definition) is 2. The fourth-order valence-electron chi connectivity index (χ4n) is 2.24. The van der Waals surface area contributed by atoms with E-state index in [9.17, 15) is 9.90 Å². The Morgan fingerprint density at radius 2 is 1.86 bits per heavy atom. The number of carbonyl (C=O) groups is 1. The highest BCUT2D eigenvalue weighted by Crippen LogP contribution is 2.18. The van der Waals surface area contributed by atoms with Gasteiger partial charge >= 0.3 is 0 Å². The number of hydrogen-bond acceptors (Lipinski definition) is 2.